The average molecular weight is 545 g/mol. The second-order valence-electron chi connectivity index (χ2n) is 8.80. The summed E-state index contributed by atoms with van der Waals surface area (Å²) in [6, 6.07) is 15.3. The molecule has 0 fully saturated rings. The molecule has 11 nitrogen and oxygen atoms in total. The molecule has 3 N–H and O–H groups in total. The van der Waals surface area contributed by atoms with Crippen molar-refractivity contribution in [3.63, 3.8) is 0 Å². The number of nitrogens with zero attached hydrogens (tertiary/aromatic N) is 7. The maximum absolute atomic E-state index is 12.2. The van der Waals surface area contributed by atoms with E-state index in [-0.39, 0.29) is 5.56 Å². The number of halogens is 1. The molecule has 12 heteroatoms. The number of H-pyrrole nitrogens is 3. The molecule has 6 heterocycles. The number of aromatic nitrogens is 10. The zero-order valence-electron chi connectivity index (χ0n) is 20.5. The molecule has 2 aromatic carbocycles. The molecule has 0 bridgehead atoms. The van der Waals surface area contributed by atoms with E-state index >= 15 is 0 Å². The van der Waals surface area contributed by atoms with Gasteiger partial charge in [0.1, 0.15) is 17.8 Å². The van der Waals surface area contributed by atoms with Crippen LogP contribution in [0, 0.1) is 0 Å². The summed E-state index contributed by atoms with van der Waals surface area (Å²) in [6.45, 7) is 0. The fourth-order valence-electron chi connectivity index (χ4n) is 4.79. The highest BCUT2D eigenvalue weighted by atomic mass is 35.5. The van der Waals surface area contributed by atoms with Crippen LogP contribution in [0.15, 0.2) is 90.8 Å². The summed E-state index contributed by atoms with van der Waals surface area (Å²) in [5, 5.41) is 19.1. The lowest BCUT2D eigenvalue weighted by Gasteiger charge is -2.07. The fourth-order valence-corrected chi connectivity index (χ4v) is 5.04. The van der Waals surface area contributed by atoms with Gasteiger partial charge >= 0.3 is 0 Å². The van der Waals surface area contributed by atoms with Crippen molar-refractivity contribution >= 4 is 55.0 Å². The largest absolute Gasteiger partial charge is 0.321 e. The Morgan fingerprint density at radius 2 is 1.27 bits per heavy atom. The van der Waals surface area contributed by atoms with Gasteiger partial charge in [0.05, 0.1) is 16.4 Å². The molecule has 192 valence electrons. The first kappa shape index (κ1) is 23.6. The summed E-state index contributed by atoms with van der Waals surface area (Å²) >= 11 is 6.28. The molecule has 8 aromatic rings. The molecular formula is C28H17ClN10O. The maximum atomic E-state index is 12.2. The van der Waals surface area contributed by atoms with Crippen LogP contribution >= 0.6 is 11.6 Å². The van der Waals surface area contributed by atoms with Gasteiger partial charge in [-0.1, -0.05) is 35.9 Å². The standard InChI is InChI=1S/C14H8ClN5.C14H9N5O/c15-13-9-4-5-16-6-11(9)8-2-1-3-10(12(8)19-13)14-17-7-18-20-14;20-14-9-4-5-15-6-11(9)8-2-1-3-10(12(8)18-14)13-16-7-17-19-13/h1-7H,(H,17,18,20);1-7H,(H,18,20)(H,16,17,19). The van der Waals surface area contributed by atoms with Gasteiger partial charge in [-0.05, 0) is 24.3 Å². The van der Waals surface area contributed by atoms with Crippen LogP contribution in [0.3, 0.4) is 0 Å². The van der Waals surface area contributed by atoms with E-state index in [0.29, 0.717) is 22.2 Å². The van der Waals surface area contributed by atoms with Crippen molar-refractivity contribution in [1.82, 2.24) is 50.3 Å². The van der Waals surface area contributed by atoms with E-state index in [4.69, 9.17) is 11.6 Å². The van der Waals surface area contributed by atoms with Crippen molar-refractivity contribution in [2.45, 2.75) is 0 Å². The molecule has 0 radical (unpaired) electrons. The lowest BCUT2D eigenvalue weighted by Crippen LogP contribution is -2.07. The number of rotatable bonds is 2. The van der Waals surface area contributed by atoms with Crippen molar-refractivity contribution in [3.05, 3.63) is 101 Å². The zero-order valence-corrected chi connectivity index (χ0v) is 21.3. The van der Waals surface area contributed by atoms with E-state index in [2.05, 4.69) is 50.3 Å². The van der Waals surface area contributed by atoms with E-state index in [1.165, 1.54) is 12.7 Å². The molecule has 0 spiro atoms. The van der Waals surface area contributed by atoms with Gasteiger partial charge in [-0.3, -0.25) is 25.0 Å². The van der Waals surface area contributed by atoms with Crippen molar-refractivity contribution in [2.75, 3.05) is 0 Å². The van der Waals surface area contributed by atoms with Crippen LogP contribution < -0.4 is 5.56 Å². The minimum Gasteiger partial charge on any atom is -0.321 e. The van der Waals surface area contributed by atoms with Crippen molar-refractivity contribution < 1.29 is 0 Å². The minimum absolute atomic E-state index is 0.137. The van der Waals surface area contributed by atoms with Crippen LogP contribution in [-0.2, 0) is 0 Å². The normalized spacial score (nSPS) is 11.2. The predicted molar refractivity (Wildman–Crippen MR) is 153 cm³/mol. The highest BCUT2D eigenvalue weighted by Gasteiger charge is 2.13. The third-order valence-electron chi connectivity index (χ3n) is 6.58. The van der Waals surface area contributed by atoms with Gasteiger partial charge in [-0.15, -0.1) is 0 Å². The first-order valence-corrected chi connectivity index (χ1v) is 12.5. The van der Waals surface area contributed by atoms with Gasteiger partial charge in [0, 0.05) is 62.8 Å². The van der Waals surface area contributed by atoms with Crippen molar-refractivity contribution in [1.29, 1.82) is 0 Å². The number of hydrogen-bond acceptors (Lipinski definition) is 8. The Hall–Kier alpha value is -5.55. The van der Waals surface area contributed by atoms with E-state index in [1.807, 2.05) is 42.5 Å². The van der Waals surface area contributed by atoms with Gasteiger partial charge < -0.3 is 4.98 Å². The monoisotopic (exact) mass is 544 g/mol. The Morgan fingerprint density at radius 1 is 0.650 bits per heavy atom. The number of fused-ring (bicyclic) bond motifs is 6. The van der Waals surface area contributed by atoms with Crippen LogP contribution in [0.25, 0.3) is 66.1 Å². The number of aromatic amines is 3. The smallest absolute Gasteiger partial charge is 0.256 e. The van der Waals surface area contributed by atoms with E-state index in [1.54, 1.807) is 30.9 Å². The minimum atomic E-state index is -0.137. The van der Waals surface area contributed by atoms with Gasteiger partial charge in [-0.2, -0.15) is 10.2 Å². The second-order valence-corrected chi connectivity index (χ2v) is 9.16. The van der Waals surface area contributed by atoms with Gasteiger partial charge in [-0.25, -0.2) is 15.0 Å². The van der Waals surface area contributed by atoms with E-state index < -0.39 is 0 Å². The van der Waals surface area contributed by atoms with Gasteiger partial charge in [0.2, 0.25) is 0 Å². The summed E-state index contributed by atoms with van der Waals surface area (Å²) in [6.07, 6.45) is 9.74. The molecule has 0 aliphatic rings. The third-order valence-corrected chi connectivity index (χ3v) is 6.87. The Balaban J connectivity index is 0.000000132. The number of nitrogens with one attached hydrogen (secondary N) is 3. The summed E-state index contributed by atoms with van der Waals surface area (Å²) in [5.41, 5.74) is 3.06. The predicted octanol–water partition coefficient (Wildman–Crippen LogP) is 5.08. The highest BCUT2D eigenvalue weighted by molar-refractivity contribution is 6.36. The molecule has 0 saturated carbocycles. The van der Waals surface area contributed by atoms with Crippen LogP contribution in [-0.4, -0.2) is 50.3 Å². The summed E-state index contributed by atoms with van der Waals surface area (Å²) < 4.78 is 0. The third kappa shape index (κ3) is 3.92. The summed E-state index contributed by atoms with van der Waals surface area (Å²) in [5.74, 6) is 1.29. The SMILES string of the molecule is Clc1nc2c(-c3ncn[nH]3)cccc2c2cnccc12.O=c1[nH]c2c(-c3ncn[nH]3)cccc2c2cnccc12. The first-order valence-electron chi connectivity index (χ1n) is 12.1. The van der Waals surface area contributed by atoms with Crippen LogP contribution in [0.2, 0.25) is 5.15 Å². The first-order chi connectivity index (χ1) is 19.7. The molecule has 6 aromatic heterocycles. The highest BCUT2D eigenvalue weighted by Crippen LogP contribution is 2.33. The average Bonchev–Trinajstić information content (AvgIpc) is 3.73. The Morgan fingerprint density at radius 3 is 1.98 bits per heavy atom. The quantitative estimate of drug-likeness (QED) is 0.201. The molecule has 0 aliphatic carbocycles. The lowest BCUT2D eigenvalue weighted by molar-refractivity contribution is 1.10. The molecule has 0 amide bonds. The molecule has 0 unspecified atom stereocenters. The summed E-state index contributed by atoms with van der Waals surface area (Å²) in [4.78, 5) is 36.2. The summed E-state index contributed by atoms with van der Waals surface area (Å²) in [7, 11) is 0. The number of pyridine rings is 4. The fraction of sp³-hybridized carbons (Fsp3) is 0. The number of benzene rings is 2. The number of hydrogen-bond donors (Lipinski definition) is 3. The molecule has 0 saturated heterocycles. The number of para-hydroxylation sites is 2. The molecular weight excluding hydrogens is 528 g/mol. The van der Waals surface area contributed by atoms with Crippen molar-refractivity contribution in [3.8, 4) is 22.8 Å². The maximum Gasteiger partial charge on any atom is 0.256 e. The lowest BCUT2D eigenvalue weighted by atomic mass is 10.0. The molecule has 0 atom stereocenters. The molecule has 8 rings (SSSR count). The second kappa shape index (κ2) is 9.64. The zero-order chi connectivity index (χ0) is 27.1. The van der Waals surface area contributed by atoms with Gasteiger partial charge in [0.15, 0.2) is 11.6 Å². The van der Waals surface area contributed by atoms with Crippen LogP contribution in [0.1, 0.15) is 0 Å². The van der Waals surface area contributed by atoms with Crippen LogP contribution in [0.4, 0.5) is 0 Å². The van der Waals surface area contributed by atoms with Gasteiger partial charge in [0.25, 0.3) is 5.56 Å². The topological polar surface area (TPSA) is 155 Å². The van der Waals surface area contributed by atoms with Crippen LogP contribution in [0.5, 0.6) is 0 Å². The molecule has 40 heavy (non-hydrogen) atoms. The Bertz CT molecular complexity index is 2210. The van der Waals surface area contributed by atoms with E-state index in [9.17, 15) is 4.79 Å². The Labute approximate surface area is 229 Å². The van der Waals surface area contributed by atoms with E-state index in [0.717, 1.165) is 49.1 Å². The van der Waals surface area contributed by atoms with Crippen molar-refractivity contribution in [2.24, 2.45) is 0 Å². The molecule has 0 aliphatic heterocycles. The Kier molecular flexibility index (Phi) is 5.68.